The molecule has 0 saturated carbocycles. The van der Waals surface area contributed by atoms with E-state index in [1.165, 1.54) is 25.1 Å². The Morgan fingerprint density at radius 2 is 1.74 bits per heavy atom. The first-order valence-corrected chi connectivity index (χ1v) is 9.50. The summed E-state index contributed by atoms with van der Waals surface area (Å²) in [6.07, 6.45) is -4.61. The molecule has 0 atom stereocenters. The highest BCUT2D eigenvalue weighted by Gasteiger charge is 2.34. The Morgan fingerprint density at radius 3 is 2.42 bits per heavy atom. The molecule has 162 valence electrons. The largest absolute Gasteiger partial charge is 0.418 e. The first-order valence-electron chi connectivity index (χ1n) is 9.50. The molecule has 9 heteroatoms. The van der Waals surface area contributed by atoms with Gasteiger partial charge in [0.1, 0.15) is 0 Å². The quantitative estimate of drug-likeness (QED) is 0.651. The molecule has 6 nitrogen and oxygen atoms in total. The fourth-order valence-electron chi connectivity index (χ4n) is 3.08. The molecule has 0 spiro atoms. The first kappa shape index (κ1) is 22.1. The van der Waals surface area contributed by atoms with Crippen molar-refractivity contribution >= 4 is 11.6 Å². The molecule has 3 aromatic rings. The van der Waals surface area contributed by atoms with Crippen LogP contribution in [0.25, 0.3) is 5.69 Å². The Balaban J connectivity index is 1.82. The lowest BCUT2D eigenvalue weighted by Gasteiger charge is -2.19. The van der Waals surface area contributed by atoms with Crippen LogP contribution in [0.2, 0.25) is 0 Å². The number of anilines is 1. The van der Waals surface area contributed by atoms with Crippen molar-refractivity contribution in [2.45, 2.75) is 13.1 Å². The maximum Gasteiger partial charge on any atom is 0.418 e. The standard InChI is InChI=1S/C22H21F3N4O2/c1-15-14-19(30)20(21(31)26-12-13-28(2)16-8-4-3-5-9-16)27-29(15)18-11-7-6-10-17(18)22(23,24)25/h3-11,14H,12-13H2,1-2H3,(H,26,31). The smallest absolute Gasteiger partial charge is 0.373 e. The second kappa shape index (κ2) is 9.03. The number of benzene rings is 2. The summed E-state index contributed by atoms with van der Waals surface area (Å²) in [6.45, 7) is 2.14. The molecule has 1 N–H and O–H groups in total. The molecule has 0 bridgehead atoms. The lowest BCUT2D eigenvalue weighted by atomic mass is 10.1. The zero-order valence-corrected chi connectivity index (χ0v) is 17.0. The van der Waals surface area contributed by atoms with Crippen LogP contribution in [0.1, 0.15) is 21.7 Å². The van der Waals surface area contributed by atoms with Crippen molar-refractivity contribution in [3.8, 4) is 5.69 Å². The summed E-state index contributed by atoms with van der Waals surface area (Å²) in [5.41, 5.74) is -1.16. The topological polar surface area (TPSA) is 67.2 Å². The minimum atomic E-state index is -4.61. The predicted octanol–water partition coefficient (Wildman–Crippen LogP) is 3.43. The van der Waals surface area contributed by atoms with Crippen LogP contribution in [-0.4, -0.2) is 35.8 Å². The van der Waals surface area contributed by atoms with Gasteiger partial charge in [-0.15, -0.1) is 0 Å². The summed E-state index contributed by atoms with van der Waals surface area (Å²) < 4.78 is 41.2. The van der Waals surface area contributed by atoms with E-state index >= 15 is 0 Å². The van der Waals surface area contributed by atoms with Crippen LogP contribution in [0, 0.1) is 6.92 Å². The molecular weight excluding hydrogens is 409 g/mol. The van der Waals surface area contributed by atoms with Gasteiger partial charge in [-0.05, 0) is 31.2 Å². The average Bonchev–Trinajstić information content (AvgIpc) is 2.73. The van der Waals surface area contributed by atoms with Crippen LogP contribution in [0.3, 0.4) is 0 Å². The molecule has 0 aliphatic heterocycles. The zero-order chi connectivity index (χ0) is 22.6. The summed E-state index contributed by atoms with van der Waals surface area (Å²) in [7, 11) is 1.85. The van der Waals surface area contributed by atoms with Gasteiger partial charge in [0.15, 0.2) is 5.69 Å². The molecule has 31 heavy (non-hydrogen) atoms. The molecule has 3 rings (SSSR count). The minimum Gasteiger partial charge on any atom is -0.373 e. The number of amides is 1. The zero-order valence-electron chi connectivity index (χ0n) is 17.0. The monoisotopic (exact) mass is 430 g/mol. The van der Waals surface area contributed by atoms with Crippen molar-refractivity contribution in [3.63, 3.8) is 0 Å². The van der Waals surface area contributed by atoms with Gasteiger partial charge in [0.25, 0.3) is 5.91 Å². The Labute approximate surface area is 176 Å². The third kappa shape index (κ3) is 5.11. The molecule has 0 aliphatic carbocycles. The first-order chi connectivity index (χ1) is 14.7. The Bertz CT molecular complexity index is 1130. The molecule has 1 amide bonds. The normalized spacial score (nSPS) is 11.3. The predicted molar refractivity (Wildman–Crippen MR) is 112 cm³/mol. The van der Waals surface area contributed by atoms with Crippen LogP contribution in [0.15, 0.2) is 65.5 Å². The van der Waals surface area contributed by atoms with Gasteiger partial charge >= 0.3 is 6.18 Å². The van der Waals surface area contributed by atoms with Gasteiger partial charge in [-0.1, -0.05) is 30.3 Å². The van der Waals surface area contributed by atoms with E-state index in [-0.39, 0.29) is 17.9 Å². The Kier molecular flexibility index (Phi) is 6.43. The molecular formula is C22H21F3N4O2. The maximum atomic E-state index is 13.4. The molecule has 2 aromatic carbocycles. The fourth-order valence-corrected chi connectivity index (χ4v) is 3.08. The van der Waals surface area contributed by atoms with E-state index in [2.05, 4.69) is 10.4 Å². The van der Waals surface area contributed by atoms with Crippen molar-refractivity contribution < 1.29 is 18.0 Å². The molecule has 0 aliphatic rings. The lowest BCUT2D eigenvalue weighted by Crippen LogP contribution is -2.36. The highest BCUT2D eigenvalue weighted by Crippen LogP contribution is 2.33. The van der Waals surface area contributed by atoms with E-state index < -0.39 is 28.8 Å². The molecule has 0 saturated heterocycles. The number of alkyl halides is 3. The van der Waals surface area contributed by atoms with Crippen molar-refractivity contribution in [3.05, 3.63) is 87.8 Å². The van der Waals surface area contributed by atoms with Crippen LogP contribution < -0.4 is 15.6 Å². The van der Waals surface area contributed by atoms with E-state index in [1.54, 1.807) is 0 Å². The van der Waals surface area contributed by atoms with E-state index in [0.717, 1.165) is 22.5 Å². The second-order valence-electron chi connectivity index (χ2n) is 6.94. The molecule has 0 fully saturated rings. The van der Waals surface area contributed by atoms with E-state index in [9.17, 15) is 22.8 Å². The molecule has 1 heterocycles. The molecule has 0 radical (unpaired) electrons. The molecule has 0 unspecified atom stereocenters. The SMILES string of the molecule is Cc1cc(=O)c(C(=O)NCCN(C)c2ccccc2)nn1-c1ccccc1C(F)(F)F. The van der Waals surface area contributed by atoms with Crippen LogP contribution in [-0.2, 0) is 6.18 Å². The number of rotatable bonds is 6. The average molecular weight is 430 g/mol. The van der Waals surface area contributed by atoms with Gasteiger partial charge in [0, 0.05) is 37.6 Å². The number of nitrogens with one attached hydrogen (secondary N) is 1. The van der Waals surface area contributed by atoms with Crippen molar-refractivity contribution in [2.24, 2.45) is 0 Å². The number of hydrogen-bond acceptors (Lipinski definition) is 4. The summed E-state index contributed by atoms with van der Waals surface area (Å²) >= 11 is 0. The summed E-state index contributed by atoms with van der Waals surface area (Å²) in [6, 6.07) is 15.5. The van der Waals surface area contributed by atoms with Crippen molar-refractivity contribution in [1.82, 2.24) is 15.1 Å². The Hall–Kier alpha value is -3.62. The number of aryl methyl sites for hydroxylation is 1. The number of nitrogens with zero attached hydrogens (tertiary/aromatic N) is 3. The van der Waals surface area contributed by atoms with Crippen molar-refractivity contribution in [2.75, 3.05) is 25.0 Å². The third-order valence-corrected chi connectivity index (χ3v) is 4.69. The Morgan fingerprint density at radius 1 is 1.10 bits per heavy atom. The van der Waals surface area contributed by atoms with Crippen LogP contribution in [0.4, 0.5) is 18.9 Å². The number of para-hydroxylation sites is 2. The van der Waals surface area contributed by atoms with Gasteiger partial charge in [-0.25, -0.2) is 4.68 Å². The number of carbonyl (C=O) groups is 1. The summed E-state index contributed by atoms with van der Waals surface area (Å²) in [5.74, 6) is -0.746. The number of likely N-dealkylation sites (N-methyl/N-ethyl adjacent to an activating group) is 1. The highest BCUT2D eigenvalue weighted by atomic mass is 19.4. The van der Waals surface area contributed by atoms with Crippen LogP contribution in [0.5, 0.6) is 0 Å². The van der Waals surface area contributed by atoms with Crippen molar-refractivity contribution in [1.29, 1.82) is 0 Å². The number of carbonyl (C=O) groups excluding carboxylic acids is 1. The lowest BCUT2D eigenvalue weighted by molar-refractivity contribution is -0.137. The highest BCUT2D eigenvalue weighted by molar-refractivity contribution is 5.92. The van der Waals surface area contributed by atoms with E-state index in [4.69, 9.17) is 0 Å². The summed E-state index contributed by atoms with van der Waals surface area (Å²) in [4.78, 5) is 26.7. The van der Waals surface area contributed by atoms with Gasteiger partial charge < -0.3 is 10.2 Å². The van der Waals surface area contributed by atoms with Gasteiger partial charge in [-0.2, -0.15) is 18.3 Å². The number of aromatic nitrogens is 2. The number of hydrogen-bond donors (Lipinski definition) is 1. The van der Waals surface area contributed by atoms with E-state index in [1.807, 2.05) is 42.3 Å². The van der Waals surface area contributed by atoms with Gasteiger partial charge in [-0.3, -0.25) is 9.59 Å². The van der Waals surface area contributed by atoms with E-state index in [0.29, 0.717) is 6.54 Å². The van der Waals surface area contributed by atoms with Gasteiger partial charge in [0.2, 0.25) is 5.43 Å². The second-order valence-corrected chi connectivity index (χ2v) is 6.94. The minimum absolute atomic E-state index is 0.182. The van der Waals surface area contributed by atoms with Gasteiger partial charge in [0.05, 0.1) is 11.3 Å². The number of halogens is 3. The maximum absolute atomic E-state index is 13.4. The third-order valence-electron chi connectivity index (χ3n) is 4.69. The molecule has 1 aromatic heterocycles. The fraction of sp³-hybridized carbons (Fsp3) is 0.227. The summed E-state index contributed by atoms with van der Waals surface area (Å²) in [5, 5.41) is 6.56. The van der Waals surface area contributed by atoms with Crippen LogP contribution >= 0.6 is 0 Å².